The van der Waals surface area contributed by atoms with Gasteiger partial charge in [-0.1, -0.05) is 11.6 Å². The number of nitrogens with zero attached hydrogens (tertiary/aromatic N) is 1. The van der Waals surface area contributed by atoms with Crippen LogP contribution in [0.25, 0.3) is 11.0 Å². The molecule has 2 aromatic heterocycles. The highest BCUT2D eigenvalue weighted by Gasteiger charge is 2.30. The number of carbonyl (C=O) groups is 1. The number of carbonyl (C=O) groups excluding carboxylic acids is 1. The smallest absolute Gasteiger partial charge is 0.170 e. The van der Waals surface area contributed by atoms with Crippen LogP contribution in [-0.4, -0.2) is 28.5 Å². The molecule has 1 fully saturated rings. The lowest BCUT2D eigenvalue weighted by molar-refractivity contribution is 0.0879. The number of aromatic amines is 1. The van der Waals surface area contributed by atoms with Gasteiger partial charge in [-0.25, -0.2) is 4.98 Å². The molecule has 1 aliphatic heterocycles. The molecule has 2 atom stereocenters. The summed E-state index contributed by atoms with van der Waals surface area (Å²) in [6.45, 7) is 2.47. The van der Waals surface area contributed by atoms with Crippen LogP contribution < -0.4 is 0 Å². The van der Waals surface area contributed by atoms with Gasteiger partial charge >= 0.3 is 0 Å². The third-order valence-electron chi connectivity index (χ3n) is 3.36. The molecule has 5 heteroatoms. The predicted molar refractivity (Wildman–Crippen MR) is 69.0 cm³/mol. The number of halogens is 1. The number of Topliss-reactive ketones (excluding diaryl/α,β-unsaturated/α-hetero) is 1. The summed E-state index contributed by atoms with van der Waals surface area (Å²) >= 11 is 6.14. The van der Waals surface area contributed by atoms with Crippen LogP contribution in [-0.2, 0) is 4.74 Å². The minimum atomic E-state index is -0.0738. The van der Waals surface area contributed by atoms with Gasteiger partial charge in [0.15, 0.2) is 5.78 Å². The van der Waals surface area contributed by atoms with E-state index in [0.717, 1.165) is 6.42 Å². The average Bonchev–Trinajstić information content (AvgIpc) is 2.95. The number of fused-ring (bicyclic) bond motifs is 1. The Hall–Kier alpha value is -1.39. The van der Waals surface area contributed by atoms with Crippen molar-refractivity contribution < 1.29 is 9.53 Å². The highest BCUT2D eigenvalue weighted by Crippen LogP contribution is 2.30. The molecule has 2 unspecified atom stereocenters. The van der Waals surface area contributed by atoms with Crippen LogP contribution >= 0.6 is 11.6 Å². The maximum atomic E-state index is 12.4. The Kier molecular flexibility index (Phi) is 2.84. The Morgan fingerprint density at radius 1 is 1.61 bits per heavy atom. The zero-order valence-corrected chi connectivity index (χ0v) is 10.7. The van der Waals surface area contributed by atoms with Gasteiger partial charge in [-0.3, -0.25) is 4.79 Å². The van der Waals surface area contributed by atoms with Crippen molar-refractivity contribution in [3.63, 3.8) is 0 Å². The summed E-state index contributed by atoms with van der Waals surface area (Å²) in [6.07, 6.45) is 4.23. The number of rotatable bonds is 2. The molecule has 0 aromatic carbocycles. The van der Waals surface area contributed by atoms with Crippen molar-refractivity contribution in [1.82, 2.24) is 9.97 Å². The monoisotopic (exact) mass is 264 g/mol. The molecule has 1 aliphatic rings. The van der Waals surface area contributed by atoms with E-state index in [1.165, 1.54) is 0 Å². The Labute approximate surface area is 109 Å². The number of hydrogen-bond acceptors (Lipinski definition) is 3. The Morgan fingerprint density at radius 2 is 2.44 bits per heavy atom. The first kappa shape index (κ1) is 11.7. The molecule has 1 saturated heterocycles. The van der Waals surface area contributed by atoms with Crippen molar-refractivity contribution in [2.75, 3.05) is 6.61 Å². The van der Waals surface area contributed by atoms with Gasteiger partial charge in [0.25, 0.3) is 0 Å². The molecule has 0 bridgehead atoms. The van der Waals surface area contributed by atoms with Gasteiger partial charge < -0.3 is 9.72 Å². The predicted octanol–water partition coefficient (Wildman–Crippen LogP) is 2.82. The van der Waals surface area contributed by atoms with E-state index < -0.39 is 0 Å². The maximum absolute atomic E-state index is 12.4. The van der Waals surface area contributed by atoms with Crippen molar-refractivity contribution in [3.8, 4) is 0 Å². The van der Waals surface area contributed by atoms with Gasteiger partial charge in [0.1, 0.15) is 5.65 Å². The quantitative estimate of drug-likeness (QED) is 0.849. The van der Waals surface area contributed by atoms with Gasteiger partial charge in [-0.15, -0.1) is 0 Å². The van der Waals surface area contributed by atoms with Crippen LogP contribution in [0.15, 0.2) is 18.5 Å². The van der Waals surface area contributed by atoms with Crippen LogP contribution in [0, 0.1) is 5.92 Å². The molecular formula is C13H13ClN2O2. The van der Waals surface area contributed by atoms with Crippen LogP contribution in [0.1, 0.15) is 23.7 Å². The van der Waals surface area contributed by atoms with Crippen molar-refractivity contribution in [3.05, 3.63) is 29.0 Å². The van der Waals surface area contributed by atoms with Crippen LogP contribution in [0.3, 0.4) is 0 Å². The Balaban J connectivity index is 2.02. The molecule has 0 aliphatic carbocycles. The van der Waals surface area contributed by atoms with Gasteiger partial charge in [-0.2, -0.15) is 0 Å². The van der Waals surface area contributed by atoms with E-state index in [1.54, 1.807) is 18.5 Å². The second-order valence-corrected chi connectivity index (χ2v) is 5.07. The fraction of sp³-hybridized carbons (Fsp3) is 0.385. The number of nitrogens with one attached hydrogen (secondary N) is 1. The fourth-order valence-electron chi connectivity index (χ4n) is 2.43. The molecule has 1 N–H and O–H groups in total. The Bertz CT molecular complexity index is 608. The second-order valence-electron chi connectivity index (χ2n) is 4.66. The number of aromatic nitrogens is 2. The number of pyridine rings is 1. The van der Waals surface area contributed by atoms with E-state index in [-0.39, 0.29) is 17.8 Å². The molecule has 2 aromatic rings. The highest BCUT2D eigenvalue weighted by atomic mass is 35.5. The average molecular weight is 265 g/mol. The van der Waals surface area contributed by atoms with Gasteiger partial charge in [0.05, 0.1) is 17.7 Å². The van der Waals surface area contributed by atoms with E-state index in [9.17, 15) is 4.79 Å². The van der Waals surface area contributed by atoms with Gasteiger partial charge in [0.2, 0.25) is 0 Å². The summed E-state index contributed by atoms with van der Waals surface area (Å²) < 4.78 is 5.45. The molecule has 3 heterocycles. The number of hydrogen-bond donors (Lipinski definition) is 1. The highest BCUT2D eigenvalue weighted by molar-refractivity contribution is 6.36. The first-order chi connectivity index (χ1) is 8.66. The first-order valence-electron chi connectivity index (χ1n) is 5.94. The minimum absolute atomic E-state index is 0.0738. The molecule has 4 nitrogen and oxygen atoms in total. The van der Waals surface area contributed by atoms with E-state index in [2.05, 4.69) is 9.97 Å². The number of H-pyrrole nitrogens is 1. The zero-order chi connectivity index (χ0) is 12.7. The first-order valence-corrected chi connectivity index (χ1v) is 6.32. The number of ketones is 1. The van der Waals surface area contributed by atoms with Crippen LogP contribution in [0.5, 0.6) is 0 Å². The van der Waals surface area contributed by atoms with Crippen LogP contribution in [0.4, 0.5) is 0 Å². The maximum Gasteiger partial charge on any atom is 0.170 e. The molecule has 18 heavy (non-hydrogen) atoms. The van der Waals surface area contributed by atoms with Gasteiger partial charge in [0, 0.05) is 29.3 Å². The zero-order valence-electron chi connectivity index (χ0n) is 9.94. The summed E-state index contributed by atoms with van der Waals surface area (Å²) in [6, 6.07) is 1.70. The third kappa shape index (κ3) is 1.82. The normalized spacial score (nSPS) is 23.7. The summed E-state index contributed by atoms with van der Waals surface area (Å²) in [5.74, 6) is 0.00997. The standard InChI is InChI=1S/C13H13ClN2O2/c1-7-4-8(6-18-7)12(17)9-5-16-13-11(9)10(14)2-3-15-13/h2-3,5,7-8H,4,6H2,1H3,(H,15,16). The van der Waals surface area contributed by atoms with E-state index in [4.69, 9.17) is 16.3 Å². The van der Waals surface area contributed by atoms with E-state index in [1.807, 2.05) is 6.92 Å². The summed E-state index contributed by atoms with van der Waals surface area (Å²) in [5.41, 5.74) is 1.27. The lowest BCUT2D eigenvalue weighted by atomic mass is 9.95. The molecular weight excluding hydrogens is 252 g/mol. The molecule has 0 radical (unpaired) electrons. The van der Waals surface area contributed by atoms with Crippen molar-refractivity contribution in [2.24, 2.45) is 5.92 Å². The largest absolute Gasteiger partial charge is 0.378 e. The van der Waals surface area contributed by atoms with Crippen molar-refractivity contribution >= 4 is 28.4 Å². The molecule has 0 spiro atoms. The number of ether oxygens (including phenoxy) is 1. The lowest BCUT2D eigenvalue weighted by Gasteiger charge is -2.05. The molecule has 0 amide bonds. The topological polar surface area (TPSA) is 55.0 Å². The van der Waals surface area contributed by atoms with Gasteiger partial charge in [-0.05, 0) is 19.4 Å². The molecule has 0 saturated carbocycles. The van der Waals surface area contributed by atoms with E-state index in [0.29, 0.717) is 28.2 Å². The minimum Gasteiger partial charge on any atom is -0.378 e. The van der Waals surface area contributed by atoms with Crippen LogP contribution in [0.2, 0.25) is 5.02 Å². The summed E-state index contributed by atoms with van der Waals surface area (Å²) in [4.78, 5) is 19.6. The third-order valence-corrected chi connectivity index (χ3v) is 3.67. The molecule has 94 valence electrons. The SMILES string of the molecule is CC1CC(C(=O)c2c[nH]c3nccc(Cl)c23)CO1. The fourth-order valence-corrected chi connectivity index (χ4v) is 2.68. The lowest BCUT2D eigenvalue weighted by Crippen LogP contribution is -2.14. The van der Waals surface area contributed by atoms with Crippen molar-refractivity contribution in [1.29, 1.82) is 0 Å². The van der Waals surface area contributed by atoms with E-state index >= 15 is 0 Å². The molecule has 3 rings (SSSR count). The summed E-state index contributed by atoms with van der Waals surface area (Å²) in [5, 5.41) is 1.26. The second kappa shape index (κ2) is 4.37. The Morgan fingerprint density at radius 3 is 3.17 bits per heavy atom. The van der Waals surface area contributed by atoms with Crippen molar-refractivity contribution in [2.45, 2.75) is 19.4 Å². The summed E-state index contributed by atoms with van der Waals surface area (Å²) in [7, 11) is 0.